The van der Waals surface area contributed by atoms with Gasteiger partial charge in [0.15, 0.2) is 0 Å². The lowest BCUT2D eigenvalue weighted by molar-refractivity contribution is -0.116. The van der Waals surface area contributed by atoms with Crippen LogP contribution in [0.4, 0.5) is 5.69 Å². The van der Waals surface area contributed by atoms with Gasteiger partial charge in [0.2, 0.25) is 5.91 Å². The van der Waals surface area contributed by atoms with Gasteiger partial charge in [-0.05, 0) is 31.0 Å². The molecule has 0 saturated carbocycles. The number of hydrogen-bond donors (Lipinski definition) is 2. The highest BCUT2D eigenvalue weighted by Crippen LogP contribution is 2.39. The summed E-state index contributed by atoms with van der Waals surface area (Å²) < 4.78 is 1.80. The van der Waals surface area contributed by atoms with Crippen molar-refractivity contribution in [2.24, 2.45) is 0 Å². The molecular weight excluding hydrogens is 256 g/mol. The number of nitrogens with one attached hydrogen (secondary N) is 1. The van der Waals surface area contributed by atoms with Gasteiger partial charge >= 0.3 is 0 Å². The van der Waals surface area contributed by atoms with Crippen molar-refractivity contribution in [3.8, 4) is 5.75 Å². The Morgan fingerprint density at radius 3 is 3.05 bits per heavy atom. The number of carbonyl (C=O) groups excluding carboxylic acids is 1. The number of benzene rings is 1. The standard InChI is InChI=1S/C14H16N4O2/c1-3-18-14(15-7-16-18)10-5-13(20)17-11-6-12(19)8(2)4-9(10)11/h4,6-7,10,19H,3,5H2,1-2H3,(H,17,20)/t10-/m0/s1. The second kappa shape index (κ2) is 4.63. The van der Waals surface area contributed by atoms with E-state index in [0.29, 0.717) is 18.7 Å². The molecule has 1 atom stereocenters. The number of aromatic nitrogens is 3. The van der Waals surface area contributed by atoms with Gasteiger partial charge in [-0.25, -0.2) is 9.67 Å². The normalized spacial score (nSPS) is 17.7. The number of aromatic hydroxyl groups is 1. The number of phenols is 1. The maximum absolute atomic E-state index is 11.9. The molecule has 0 aliphatic carbocycles. The van der Waals surface area contributed by atoms with Crippen LogP contribution < -0.4 is 5.32 Å². The Kier molecular flexibility index (Phi) is 2.93. The molecule has 1 aliphatic rings. The first kappa shape index (κ1) is 12.7. The smallest absolute Gasteiger partial charge is 0.225 e. The van der Waals surface area contributed by atoms with Crippen molar-refractivity contribution < 1.29 is 9.90 Å². The van der Waals surface area contributed by atoms with Crippen molar-refractivity contribution >= 4 is 11.6 Å². The van der Waals surface area contributed by atoms with E-state index in [4.69, 9.17) is 0 Å². The van der Waals surface area contributed by atoms with E-state index in [9.17, 15) is 9.90 Å². The fraction of sp³-hybridized carbons (Fsp3) is 0.357. The minimum absolute atomic E-state index is 0.0728. The fourth-order valence-electron chi connectivity index (χ4n) is 2.63. The molecule has 2 heterocycles. The zero-order valence-electron chi connectivity index (χ0n) is 11.4. The maximum Gasteiger partial charge on any atom is 0.225 e. The number of fused-ring (bicyclic) bond motifs is 1. The summed E-state index contributed by atoms with van der Waals surface area (Å²) in [6.45, 7) is 4.54. The Bertz CT molecular complexity index is 678. The topological polar surface area (TPSA) is 80.0 Å². The summed E-state index contributed by atoms with van der Waals surface area (Å²) in [5, 5.41) is 16.8. The van der Waals surface area contributed by atoms with Crippen molar-refractivity contribution in [2.75, 3.05) is 5.32 Å². The summed E-state index contributed by atoms with van der Waals surface area (Å²) in [5.41, 5.74) is 2.41. The summed E-state index contributed by atoms with van der Waals surface area (Å²) >= 11 is 0. The Labute approximate surface area is 116 Å². The van der Waals surface area contributed by atoms with Gasteiger partial charge in [-0.1, -0.05) is 0 Å². The molecule has 0 saturated heterocycles. The highest BCUT2D eigenvalue weighted by atomic mass is 16.3. The van der Waals surface area contributed by atoms with Crippen LogP contribution in [0.1, 0.15) is 36.2 Å². The molecule has 1 aromatic carbocycles. The molecule has 3 rings (SSSR count). The van der Waals surface area contributed by atoms with E-state index in [-0.39, 0.29) is 17.6 Å². The molecule has 0 fully saturated rings. The summed E-state index contributed by atoms with van der Waals surface area (Å²) in [4.78, 5) is 16.2. The van der Waals surface area contributed by atoms with Gasteiger partial charge in [-0.15, -0.1) is 0 Å². The van der Waals surface area contributed by atoms with Gasteiger partial charge in [0.1, 0.15) is 17.9 Å². The van der Waals surface area contributed by atoms with Crippen molar-refractivity contribution in [3.05, 3.63) is 35.4 Å². The summed E-state index contributed by atoms with van der Waals surface area (Å²) in [6, 6.07) is 3.50. The highest BCUT2D eigenvalue weighted by molar-refractivity contribution is 5.95. The molecule has 104 valence electrons. The quantitative estimate of drug-likeness (QED) is 0.873. The first-order chi connectivity index (χ1) is 9.60. The first-order valence-electron chi connectivity index (χ1n) is 6.61. The van der Waals surface area contributed by atoms with E-state index in [0.717, 1.165) is 17.0 Å². The number of amides is 1. The molecule has 6 nitrogen and oxygen atoms in total. The molecule has 1 amide bonds. The third-order valence-electron chi connectivity index (χ3n) is 3.66. The van der Waals surface area contributed by atoms with Crippen LogP contribution in [0.15, 0.2) is 18.5 Å². The number of rotatable bonds is 2. The molecule has 6 heteroatoms. The average molecular weight is 272 g/mol. The van der Waals surface area contributed by atoms with E-state index in [1.54, 1.807) is 10.7 Å². The minimum Gasteiger partial charge on any atom is -0.508 e. The van der Waals surface area contributed by atoms with Crippen LogP contribution in [0.5, 0.6) is 5.75 Å². The predicted molar refractivity (Wildman–Crippen MR) is 73.6 cm³/mol. The second-order valence-electron chi connectivity index (χ2n) is 4.96. The van der Waals surface area contributed by atoms with Crippen LogP contribution in [-0.4, -0.2) is 25.8 Å². The number of anilines is 1. The molecule has 2 N–H and O–H groups in total. The summed E-state index contributed by atoms with van der Waals surface area (Å²) in [7, 11) is 0. The van der Waals surface area contributed by atoms with Crippen molar-refractivity contribution in [3.63, 3.8) is 0 Å². The number of hydrogen-bond acceptors (Lipinski definition) is 4. The van der Waals surface area contributed by atoms with E-state index in [1.165, 1.54) is 6.33 Å². The van der Waals surface area contributed by atoms with Gasteiger partial charge in [0.05, 0.1) is 5.92 Å². The third-order valence-corrected chi connectivity index (χ3v) is 3.66. The molecule has 2 aromatic rings. The SMILES string of the molecule is CCn1ncnc1[C@H]1CC(=O)Nc2cc(O)c(C)cc21. The van der Waals surface area contributed by atoms with Crippen LogP contribution in [0, 0.1) is 6.92 Å². The minimum atomic E-state index is -0.125. The Morgan fingerprint density at radius 1 is 1.50 bits per heavy atom. The lowest BCUT2D eigenvalue weighted by Gasteiger charge is -2.26. The zero-order valence-corrected chi connectivity index (χ0v) is 11.4. The third kappa shape index (κ3) is 1.93. The van der Waals surface area contributed by atoms with Crippen molar-refractivity contribution in [1.82, 2.24) is 14.8 Å². The highest BCUT2D eigenvalue weighted by Gasteiger charge is 2.30. The van der Waals surface area contributed by atoms with E-state index < -0.39 is 0 Å². The van der Waals surface area contributed by atoms with Crippen molar-refractivity contribution in [1.29, 1.82) is 0 Å². The largest absolute Gasteiger partial charge is 0.508 e. The summed E-state index contributed by atoms with van der Waals surface area (Å²) in [6.07, 6.45) is 1.86. The monoisotopic (exact) mass is 272 g/mol. The number of aryl methyl sites for hydroxylation is 2. The first-order valence-corrected chi connectivity index (χ1v) is 6.61. The maximum atomic E-state index is 11.9. The van der Waals surface area contributed by atoms with Gasteiger partial charge in [0.25, 0.3) is 0 Å². The molecule has 1 aliphatic heterocycles. The summed E-state index contributed by atoms with van der Waals surface area (Å²) in [5.74, 6) is 0.771. The molecule has 20 heavy (non-hydrogen) atoms. The molecule has 0 spiro atoms. The molecule has 1 aromatic heterocycles. The average Bonchev–Trinajstić information content (AvgIpc) is 2.88. The van der Waals surface area contributed by atoms with Gasteiger partial charge in [0, 0.05) is 24.7 Å². The van der Waals surface area contributed by atoms with Crippen LogP contribution in [0.3, 0.4) is 0 Å². The van der Waals surface area contributed by atoms with E-state index in [2.05, 4.69) is 15.4 Å². The molecule has 0 radical (unpaired) electrons. The number of phenolic OH excluding ortho intramolecular Hbond substituents is 1. The molecule has 0 bridgehead atoms. The van der Waals surface area contributed by atoms with Crippen LogP contribution in [0.25, 0.3) is 0 Å². The van der Waals surface area contributed by atoms with Gasteiger partial charge < -0.3 is 10.4 Å². The number of carbonyl (C=O) groups is 1. The molecular formula is C14H16N4O2. The number of nitrogens with zero attached hydrogens (tertiary/aromatic N) is 3. The lowest BCUT2D eigenvalue weighted by atomic mass is 9.88. The van der Waals surface area contributed by atoms with Crippen LogP contribution in [0.2, 0.25) is 0 Å². The van der Waals surface area contributed by atoms with Crippen LogP contribution in [-0.2, 0) is 11.3 Å². The lowest BCUT2D eigenvalue weighted by Crippen LogP contribution is -2.25. The fourth-order valence-corrected chi connectivity index (χ4v) is 2.63. The van der Waals surface area contributed by atoms with E-state index >= 15 is 0 Å². The van der Waals surface area contributed by atoms with Crippen LogP contribution >= 0.6 is 0 Å². The second-order valence-corrected chi connectivity index (χ2v) is 4.96. The van der Waals surface area contributed by atoms with Gasteiger partial charge in [-0.2, -0.15) is 5.10 Å². The molecule has 0 unspecified atom stereocenters. The van der Waals surface area contributed by atoms with Gasteiger partial charge in [-0.3, -0.25) is 4.79 Å². The Balaban J connectivity index is 2.15. The predicted octanol–water partition coefficient (Wildman–Crippen LogP) is 1.79. The Morgan fingerprint density at radius 2 is 2.30 bits per heavy atom. The van der Waals surface area contributed by atoms with Crippen molar-refractivity contribution in [2.45, 2.75) is 32.7 Å². The van der Waals surface area contributed by atoms with E-state index in [1.807, 2.05) is 19.9 Å². The Hall–Kier alpha value is -2.37. The zero-order chi connectivity index (χ0) is 14.3.